The molecule has 0 aromatic heterocycles. The molecule has 2 aromatic rings. The molecule has 0 amide bonds. The van der Waals surface area contributed by atoms with E-state index in [0.29, 0.717) is 16.5 Å². The van der Waals surface area contributed by atoms with E-state index in [1.807, 2.05) is 12.1 Å². The SMILES string of the molecule is N#CC(C#N)=c1ccc(=C(C#N)c2ccc(N)cc2)cc1. The van der Waals surface area contributed by atoms with Crippen molar-refractivity contribution in [3.63, 3.8) is 0 Å². The molecule has 0 aliphatic heterocycles. The summed E-state index contributed by atoms with van der Waals surface area (Å²) in [5.41, 5.74) is 7.60. The van der Waals surface area contributed by atoms with Crippen LogP contribution in [0.3, 0.4) is 0 Å². The molecule has 0 heterocycles. The molecule has 4 heteroatoms. The summed E-state index contributed by atoms with van der Waals surface area (Å²) in [4.78, 5) is 0. The molecule has 2 N–H and O–H groups in total. The van der Waals surface area contributed by atoms with Crippen LogP contribution in [0.1, 0.15) is 5.56 Å². The average molecular weight is 270 g/mol. The Bertz CT molecular complexity index is 878. The Labute approximate surface area is 121 Å². The molecule has 21 heavy (non-hydrogen) atoms. The van der Waals surface area contributed by atoms with Gasteiger partial charge in [0.05, 0.1) is 5.57 Å². The molecular weight excluding hydrogens is 260 g/mol. The lowest BCUT2D eigenvalue weighted by molar-refractivity contribution is 1.46. The Hall–Kier alpha value is -3.55. The second-order valence-electron chi connectivity index (χ2n) is 4.28. The van der Waals surface area contributed by atoms with E-state index in [1.54, 1.807) is 48.5 Å². The van der Waals surface area contributed by atoms with E-state index < -0.39 is 0 Å². The van der Waals surface area contributed by atoms with Crippen LogP contribution in [-0.2, 0) is 0 Å². The van der Waals surface area contributed by atoms with Crippen molar-refractivity contribution in [2.75, 3.05) is 5.73 Å². The molecule has 0 fully saturated rings. The quantitative estimate of drug-likeness (QED) is 0.787. The van der Waals surface area contributed by atoms with E-state index in [-0.39, 0.29) is 5.57 Å². The van der Waals surface area contributed by atoms with E-state index in [4.69, 9.17) is 16.3 Å². The van der Waals surface area contributed by atoms with Gasteiger partial charge in [-0.25, -0.2) is 0 Å². The summed E-state index contributed by atoms with van der Waals surface area (Å²) in [7, 11) is 0. The van der Waals surface area contributed by atoms with Crippen LogP contribution in [-0.4, -0.2) is 0 Å². The first kappa shape index (κ1) is 13.9. The molecule has 0 atom stereocenters. The molecule has 4 nitrogen and oxygen atoms in total. The second-order valence-corrected chi connectivity index (χ2v) is 4.28. The minimum Gasteiger partial charge on any atom is -0.399 e. The lowest BCUT2D eigenvalue weighted by Gasteiger charge is -2.00. The Balaban J connectivity index is 2.66. The lowest BCUT2D eigenvalue weighted by Crippen LogP contribution is -2.12. The second kappa shape index (κ2) is 6.06. The first-order chi connectivity index (χ1) is 10.2. The molecule has 0 radical (unpaired) electrons. The standard InChI is InChI=1S/C17H10N4/c18-9-15(10-19)12-1-3-13(4-2-12)17(11-20)14-5-7-16(21)8-6-14/h1-8H,21H2. The Morgan fingerprint density at radius 3 is 1.71 bits per heavy atom. The van der Waals surface area contributed by atoms with Crippen LogP contribution >= 0.6 is 0 Å². The maximum Gasteiger partial charge on any atom is 0.136 e. The maximum atomic E-state index is 9.34. The molecule has 0 aliphatic rings. The summed E-state index contributed by atoms with van der Waals surface area (Å²) in [6.07, 6.45) is 0. The van der Waals surface area contributed by atoms with E-state index in [0.717, 1.165) is 10.8 Å². The van der Waals surface area contributed by atoms with E-state index in [9.17, 15) is 5.26 Å². The molecule has 0 saturated carbocycles. The van der Waals surface area contributed by atoms with Gasteiger partial charge < -0.3 is 5.73 Å². The summed E-state index contributed by atoms with van der Waals surface area (Å²) >= 11 is 0. The smallest absolute Gasteiger partial charge is 0.136 e. The molecule has 0 aliphatic carbocycles. The molecular formula is C17H10N4. The molecule has 2 rings (SSSR count). The van der Waals surface area contributed by atoms with Gasteiger partial charge in [0, 0.05) is 10.9 Å². The number of nitrogens with zero attached hydrogens (tertiary/aromatic N) is 3. The third kappa shape index (κ3) is 2.89. The Morgan fingerprint density at radius 2 is 1.24 bits per heavy atom. The van der Waals surface area contributed by atoms with Crippen LogP contribution in [0.25, 0.3) is 11.1 Å². The van der Waals surface area contributed by atoms with Crippen molar-refractivity contribution in [2.45, 2.75) is 0 Å². The van der Waals surface area contributed by atoms with Gasteiger partial charge in [-0.2, -0.15) is 15.8 Å². The first-order valence-electron chi connectivity index (χ1n) is 6.10. The van der Waals surface area contributed by atoms with Gasteiger partial charge in [0.1, 0.15) is 23.8 Å². The normalized spacial score (nSPS) is 9.00. The molecule has 0 saturated heterocycles. The molecule has 0 spiro atoms. The number of hydrogen-bond donors (Lipinski definition) is 1. The Morgan fingerprint density at radius 1 is 0.714 bits per heavy atom. The minimum atomic E-state index is 0.0487. The predicted octanol–water partition coefficient (Wildman–Crippen LogP) is 1.19. The average Bonchev–Trinajstić information content (AvgIpc) is 2.52. The van der Waals surface area contributed by atoms with Crippen molar-refractivity contribution in [2.24, 2.45) is 0 Å². The van der Waals surface area contributed by atoms with E-state index >= 15 is 0 Å². The number of nitrogen functional groups attached to an aromatic ring is 1. The third-order valence-electron chi connectivity index (χ3n) is 3.00. The van der Waals surface area contributed by atoms with Crippen LogP contribution in [0, 0.1) is 34.0 Å². The lowest BCUT2D eigenvalue weighted by atomic mass is 10.0. The fourth-order valence-electron chi connectivity index (χ4n) is 1.90. The van der Waals surface area contributed by atoms with Crippen LogP contribution in [0.15, 0.2) is 48.5 Å². The minimum absolute atomic E-state index is 0.0487. The van der Waals surface area contributed by atoms with Crippen LogP contribution in [0.5, 0.6) is 0 Å². The van der Waals surface area contributed by atoms with Gasteiger partial charge in [0.2, 0.25) is 0 Å². The number of nitriles is 3. The third-order valence-corrected chi connectivity index (χ3v) is 3.00. The topological polar surface area (TPSA) is 97.4 Å². The Kier molecular flexibility index (Phi) is 4.00. The molecule has 0 bridgehead atoms. The summed E-state index contributed by atoms with van der Waals surface area (Å²) in [6.45, 7) is 0. The zero-order chi connectivity index (χ0) is 15.2. The number of hydrogen-bond acceptors (Lipinski definition) is 4. The van der Waals surface area contributed by atoms with Crippen molar-refractivity contribution in [3.8, 4) is 18.2 Å². The highest BCUT2D eigenvalue weighted by Gasteiger charge is 2.02. The van der Waals surface area contributed by atoms with Gasteiger partial charge >= 0.3 is 0 Å². The van der Waals surface area contributed by atoms with E-state index in [2.05, 4.69) is 6.07 Å². The van der Waals surface area contributed by atoms with Gasteiger partial charge in [-0.15, -0.1) is 0 Å². The highest BCUT2D eigenvalue weighted by atomic mass is 14.5. The molecule has 0 unspecified atom stereocenters. The van der Waals surface area contributed by atoms with E-state index in [1.165, 1.54) is 0 Å². The molecule has 98 valence electrons. The summed E-state index contributed by atoms with van der Waals surface area (Å²) in [5, 5.41) is 28.3. The van der Waals surface area contributed by atoms with Crippen LogP contribution in [0.4, 0.5) is 5.69 Å². The first-order valence-corrected chi connectivity index (χ1v) is 6.10. The molecule has 2 aromatic carbocycles. The van der Waals surface area contributed by atoms with Gasteiger partial charge in [0.15, 0.2) is 0 Å². The van der Waals surface area contributed by atoms with Crippen molar-refractivity contribution < 1.29 is 0 Å². The number of benzene rings is 2. The largest absolute Gasteiger partial charge is 0.399 e. The fourth-order valence-corrected chi connectivity index (χ4v) is 1.90. The fraction of sp³-hybridized carbons (Fsp3) is 0. The monoisotopic (exact) mass is 270 g/mol. The highest BCUT2D eigenvalue weighted by Crippen LogP contribution is 2.12. The highest BCUT2D eigenvalue weighted by molar-refractivity contribution is 5.77. The van der Waals surface area contributed by atoms with Gasteiger partial charge in [-0.1, -0.05) is 36.4 Å². The van der Waals surface area contributed by atoms with Crippen molar-refractivity contribution in [3.05, 3.63) is 64.5 Å². The number of rotatable bonds is 1. The zero-order valence-electron chi connectivity index (χ0n) is 11.0. The van der Waals surface area contributed by atoms with Gasteiger partial charge in [-0.3, -0.25) is 0 Å². The zero-order valence-corrected chi connectivity index (χ0v) is 11.0. The predicted molar refractivity (Wildman–Crippen MR) is 79.3 cm³/mol. The summed E-state index contributed by atoms with van der Waals surface area (Å²) in [6, 6.07) is 19.6. The van der Waals surface area contributed by atoms with Crippen molar-refractivity contribution in [1.29, 1.82) is 15.8 Å². The van der Waals surface area contributed by atoms with Crippen LogP contribution in [0.2, 0.25) is 0 Å². The number of nitrogens with two attached hydrogens (primary N) is 1. The maximum absolute atomic E-state index is 9.34. The van der Waals surface area contributed by atoms with Crippen LogP contribution < -0.4 is 16.2 Å². The summed E-state index contributed by atoms with van der Waals surface area (Å²) in [5.74, 6) is 0. The van der Waals surface area contributed by atoms with Crippen molar-refractivity contribution in [1.82, 2.24) is 0 Å². The van der Waals surface area contributed by atoms with Gasteiger partial charge in [0.25, 0.3) is 0 Å². The van der Waals surface area contributed by atoms with Crippen molar-refractivity contribution >= 4 is 16.8 Å². The summed E-state index contributed by atoms with van der Waals surface area (Å²) < 4.78 is 0. The van der Waals surface area contributed by atoms with Gasteiger partial charge in [-0.05, 0) is 22.9 Å². The number of anilines is 1.